The van der Waals surface area contributed by atoms with E-state index in [0.29, 0.717) is 39.3 Å². The molecule has 7 heteroatoms. The van der Waals surface area contributed by atoms with Crippen molar-refractivity contribution in [2.75, 3.05) is 32.8 Å². The van der Waals surface area contributed by atoms with Crippen LogP contribution in [-0.2, 0) is 11.2 Å². The van der Waals surface area contributed by atoms with Crippen LogP contribution in [-0.4, -0.2) is 50.4 Å². The minimum atomic E-state index is -2.82. The number of hydrogen-bond donors (Lipinski definition) is 1. The number of alkyl halides is 2. The molecule has 0 radical (unpaired) electrons. The molecule has 1 saturated heterocycles. The SMILES string of the molecule is O=C(NCCc1ccc(OC(F)F)cc1)N1CCOCC1. The lowest BCUT2D eigenvalue weighted by Crippen LogP contribution is -2.46. The molecule has 1 fully saturated rings. The Kier molecular flexibility index (Phi) is 5.74. The summed E-state index contributed by atoms with van der Waals surface area (Å²) >= 11 is 0. The number of amides is 2. The lowest BCUT2D eigenvalue weighted by Gasteiger charge is -2.26. The van der Waals surface area contributed by atoms with E-state index in [1.54, 1.807) is 17.0 Å². The number of carbonyl (C=O) groups excluding carboxylic acids is 1. The van der Waals surface area contributed by atoms with Crippen LogP contribution in [0.5, 0.6) is 5.75 Å². The van der Waals surface area contributed by atoms with Crippen molar-refractivity contribution in [1.82, 2.24) is 10.2 Å². The van der Waals surface area contributed by atoms with E-state index in [1.165, 1.54) is 12.1 Å². The quantitative estimate of drug-likeness (QED) is 0.903. The fraction of sp³-hybridized carbons (Fsp3) is 0.500. The van der Waals surface area contributed by atoms with Crippen LogP contribution >= 0.6 is 0 Å². The van der Waals surface area contributed by atoms with Crippen molar-refractivity contribution in [3.05, 3.63) is 29.8 Å². The molecule has 21 heavy (non-hydrogen) atoms. The molecule has 1 aliphatic rings. The monoisotopic (exact) mass is 300 g/mol. The third-order valence-corrected chi connectivity index (χ3v) is 3.14. The summed E-state index contributed by atoms with van der Waals surface area (Å²) in [5, 5.41) is 2.83. The molecule has 0 bridgehead atoms. The van der Waals surface area contributed by atoms with Gasteiger partial charge in [0.05, 0.1) is 13.2 Å². The van der Waals surface area contributed by atoms with Crippen molar-refractivity contribution in [1.29, 1.82) is 0 Å². The van der Waals surface area contributed by atoms with E-state index >= 15 is 0 Å². The Morgan fingerprint density at radius 2 is 1.95 bits per heavy atom. The molecule has 116 valence electrons. The molecule has 2 amide bonds. The smallest absolute Gasteiger partial charge is 0.387 e. The first-order chi connectivity index (χ1) is 10.1. The number of urea groups is 1. The van der Waals surface area contributed by atoms with Gasteiger partial charge in [0, 0.05) is 19.6 Å². The highest BCUT2D eigenvalue weighted by Gasteiger charge is 2.15. The predicted octanol–water partition coefficient (Wildman–Crippen LogP) is 1.87. The molecule has 0 aromatic heterocycles. The van der Waals surface area contributed by atoms with Gasteiger partial charge in [0.2, 0.25) is 0 Å². The van der Waals surface area contributed by atoms with Gasteiger partial charge in [-0.2, -0.15) is 8.78 Å². The lowest BCUT2D eigenvalue weighted by atomic mass is 10.1. The molecule has 0 unspecified atom stereocenters. The van der Waals surface area contributed by atoms with Gasteiger partial charge in [0.1, 0.15) is 5.75 Å². The summed E-state index contributed by atoms with van der Waals surface area (Å²) in [5.74, 6) is 0.131. The van der Waals surface area contributed by atoms with Gasteiger partial charge in [-0.05, 0) is 24.1 Å². The second-order valence-corrected chi connectivity index (χ2v) is 4.60. The summed E-state index contributed by atoms with van der Waals surface area (Å²) in [6, 6.07) is 6.30. The summed E-state index contributed by atoms with van der Waals surface area (Å²) in [6.45, 7) is 0.0176. The molecule has 1 aromatic rings. The molecule has 0 atom stereocenters. The molecular weight excluding hydrogens is 282 g/mol. The largest absolute Gasteiger partial charge is 0.435 e. The Balaban J connectivity index is 1.71. The van der Waals surface area contributed by atoms with Gasteiger partial charge < -0.3 is 19.7 Å². The fourth-order valence-electron chi connectivity index (χ4n) is 2.03. The van der Waals surface area contributed by atoms with E-state index in [2.05, 4.69) is 10.1 Å². The third kappa shape index (κ3) is 5.18. The third-order valence-electron chi connectivity index (χ3n) is 3.14. The Morgan fingerprint density at radius 3 is 2.57 bits per heavy atom. The van der Waals surface area contributed by atoms with Crippen molar-refractivity contribution in [3.63, 3.8) is 0 Å². The summed E-state index contributed by atoms with van der Waals surface area (Å²) in [7, 11) is 0. The Bertz CT molecular complexity index is 448. The van der Waals surface area contributed by atoms with Gasteiger partial charge in [-0.25, -0.2) is 4.79 Å². The molecular formula is C14H18F2N2O3. The zero-order chi connectivity index (χ0) is 15.1. The minimum absolute atomic E-state index is 0.101. The molecule has 1 heterocycles. The number of rotatable bonds is 5. The molecule has 0 aliphatic carbocycles. The van der Waals surface area contributed by atoms with Crippen LogP contribution in [0, 0.1) is 0 Å². The molecule has 0 saturated carbocycles. The van der Waals surface area contributed by atoms with Crippen molar-refractivity contribution < 1.29 is 23.0 Å². The maximum atomic E-state index is 12.0. The summed E-state index contributed by atoms with van der Waals surface area (Å²) in [4.78, 5) is 13.5. The highest BCUT2D eigenvalue weighted by molar-refractivity contribution is 5.74. The Hall–Kier alpha value is -1.89. The van der Waals surface area contributed by atoms with E-state index in [1.807, 2.05) is 0 Å². The molecule has 1 N–H and O–H groups in total. The molecule has 0 spiro atoms. The lowest BCUT2D eigenvalue weighted by molar-refractivity contribution is -0.0498. The Morgan fingerprint density at radius 1 is 1.29 bits per heavy atom. The van der Waals surface area contributed by atoms with Gasteiger partial charge >= 0.3 is 12.6 Å². The number of ether oxygens (including phenoxy) is 2. The number of carbonyl (C=O) groups is 1. The van der Waals surface area contributed by atoms with E-state index in [-0.39, 0.29) is 11.8 Å². The van der Waals surface area contributed by atoms with Crippen LogP contribution in [0.15, 0.2) is 24.3 Å². The number of hydrogen-bond acceptors (Lipinski definition) is 3. The standard InChI is InChI=1S/C14H18F2N2O3/c15-13(16)21-12-3-1-11(2-4-12)5-6-17-14(19)18-7-9-20-10-8-18/h1-4,13H,5-10H2,(H,17,19). The maximum absolute atomic E-state index is 12.0. The van der Waals surface area contributed by atoms with Crippen LogP contribution in [0.2, 0.25) is 0 Å². The fourth-order valence-corrected chi connectivity index (χ4v) is 2.03. The highest BCUT2D eigenvalue weighted by Crippen LogP contribution is 2.15. The van der Waals surface area contributed by atoms with E-state index in [0.717, 1.165) is 5.56 Å². The first kappa shape index (κ1) is 15.5. The van der Waals surface area contributed by atoms with Crippen LogP contribution in [0.1, 0.15) is 5.56 Å². The van der Waals surface area contributed by atoms with Crippen molar-refractivity contribution in [3.8, 4) is 5.75 Å². The maximum Gasteiger partial charge on any atom is 0.387 e. The second kappa shape index (κ2) is 7.78. The Labute approximate surface area is 121 Å². The highest BCUT2D eigenvalue weighted by atomic mass is 19.3. The molecule has 2 rings (SSSR count). The van der Waals surface area contributed by atoms with Gasteiger partial charge in [-0.15, -0.1) is 0 Å². The minimum Gasteiger partial charge on any atom is -0.435 e. The van der Waals surface area contributed by atoms with Crippen LogP contribution in [0.4, 0.5) is 13.6 Å². The summed E-state index contributed by atoms with van der Waals surface area (Å²) in [6.07, 6.45) is 0.630. The average molecular weight is 300 g/mol. The van der Waals surface area contributed by atoms with Crippen LogP contribution in [0.3, 0.4) is 0 Å². The van der Waals surface area contributed by atoms with Crippen molar-refractivity contribution in [2.24, 2.45) is 0 Å². The summed E-state index contributed by atoms with van der Waals surface area (Å²) in [5.41, 5.74) is 0.943. The van der Waals surface area contributed by atoms with Gasteiger partial charge in [-0.1, -0.05) is 12.1 Å². The van der Waals surface area contributed by atoms with E-state index in [9.17, 15) is 13.6 Å². The van der Waals surface area contributed by atoms with Crippen LogP contribution in [0.25, 0.3) is 0 Å². The first-order valence-corrected chi connectivity index (χ1v) is 6.79. The first-order valence-electron chi connectivity index (χ1n) is 6.79. The predicted molar refractivity (Wildman–Crippen MR) is 72.6 cm³/mol. The number of morpholine rings is 1. The number of nitrogens with one attached hydrogen (secondary N) is 1. The molecule has 1 aliphatic heterocycles. The van der Waals surface area contributed by atoms with Crippen LogP contribution < -0.4 is 10.1 Å². The normalized spacial score (nSPS) is 15.1. The van der Waals surface area contributed by atoms with Crippen molar-refractivity contribution >= 4 is 6.03 Å². The number of halogens is 2. The van der Waals surface area contributed by atoms with Gasteiger partial charge in [0.25, 0.3) is 0 Å². The van der Waals surface area contributed by atoms with Gasteiger partial charge in [0.15, 0.2) is 0 Å². The van der Waals surface area contributed by atoms with E-state index < -0.39 is 6.61 Å². The molecule has 1 aromatic carbocycles. The zero-order valence-corrected chi connectivity index (χ0v) is 11.6. The summed E-state index contributed by atoms with van der Waals surface area (Å²) < 4.78 is 33.5. The number of nitrogens with zero attached hydrogens (tertiary/aromatic N) is 1. The van der Waals surface area contributed by atoms with E-state index in [4.69, 9.17) is 4.74 Å². The topological polar surface area (TPSA) is 50.8 Å². The van der Waals surface area contributed by atoms with Crippen molar-refractivity contribution in [2.45, 2.75) is 13.0 Å². The average Bonchev–Trinajstić information content (AvgIpc) is 2.49. The second-order valence-electron chi connectivity index (χ2n) is 4.60. The van der Waals surface area contributed by atoms with Gasteiger partial charge in [-0.3, -0.25) is 0 Å². The number of benzene rings is 1. The molecule has 5 nitrogen and oxygen atoms in total. The zero-order valence-electron chi connectivity index (χ0n) is 11.6.